The molecule has 3 heteroatoms. The quantitative estimate of drug-likeness (QED) is 0.763. The van der Waals surface area contributed by atoms with Gasteiger partial charge in [0.2, 0.25) is 0 Å². The van der Waals surface area contributed by atoms with Crippen LogP contribution in [0.15, 0.2) is 48.8 Å². The molecule has 1 aromatic carbocycles. The lowest BCUT2D eigenvalue weighted by molar-refractivity contribution is 0.0890. The molecule has 126 valence electrons. The van der Waals surface area contributed by atoms with Gasteiger partial charge in [-0.3, -0.25) is 9.78 Å². The highest BCUT2D eigenvalue weighted by atomic mass is 16.1. The molecule has 1 fully saturated rings. The van der Waals surface area contributed by atoms with Crippen molar-refractivity contribution in [1.29, 1.82) is 0 Å². The molecule has 3 rings (SSSR count). The molecule has 0 saturated carbocycles. The summed E-state index contributed by atoms with van der Waals surface area (Å²) in [5.41, 5.74) is 2.93. The number of pyridine rings is 1. The summed E-state index contributed by atoms with van der Waals surface area (Å²) >= 11 is 0. The first kappa shape index (κ1) is 16.8. The Morgan fingerprint density at radius 2 is 2.08 bits per heavy atom. The van der Waals surface area contributed by atoms with Crippen molar-refractivity contribution in [2.45, 2.75) is 39.2 Å². The fourth-order valence-corrected chi connectivity index (χ4v) is 3.52. The standard InChI is InChI=1S/C21H26N2O/c1-16(2)23-11-5-6-17(15-23)12-21(24)19-8-3-7-18(13-19)20-9-4-10-22-14-20/h3-4,7-10,13-14,16-17H,5-6,11-12,15H2,1-2H3/t17-/m0/s1. The number of carbonyl (C=O) groups excluding carboxylic acids is 1. The minimum atomic E-state index is 0.261. The molecule has 2 heterocycles. The summed E-state index contributed by atoms with van der Waals surface area (Å²) < 4.78 is 0. The van der Waals surface area contributed by atoms with Gasteiger partial charge < -0.3 is 4.90 Å². The second-order valence-electron chi connectivity index (χ2n) is 7.05. The lowest BCUT2D eigenvalue weighted by Crippen LogP contribution is -2.40. The van der Waals surface area contributed by atoms with E-state index < -0.39 is 0 Å². The van der Waals surface area contributed by atoms with E-state index in [1.807, 2.05) is 42.6 Å². The fraction of sp³-hybridized carbons (Fsp3) is 0.429. The number of likely N-dealkylation sites (tertiary alicyclic amines) is 1. The molecule has 0 spiro atoms. The Bertz CT molecular complexity index is 681. The third kappa shape index (κ3) is 4.09. The van der Waals surface area contributed by atoms with Gasteiger partial charge in [0.25, 0.3) is 0 Å². The smallest absolute Gasteiger partial charge is 0.163 e. The van der Waals surface area contributed by atoms with Crippen LogP contribution in [-0.2, 0) is 0 Å². The van der Waals surface area contributed by atoms with Crippen molar-refractivity contribution in [3.05, 3.63) is 54.4 Å². The van der Waals surface area contributed by atoms with E-state index in [9.17, 15) is 4.79 Å². The number of hydrogen-bond acceptors (Lipinski definition) is 3. The predicted octanol–water partition coefficient (Wildman–Crippen LogP) is 4.44. The first-order valence-corrected chi connectivity index (χ1v) is 8.91. The summed E-state index contributed by atoms with van der Waals surface area (Å²) in [6.07, 6.45) is 6.62. The maximum absolute atomic E-state index is 12.7. The first-order chi connectivity index (χ1) is 11.6. The van der Waals surface area contributed by atoms with E-state index in [1.54, 1.807) is 6.20 Å². The Morgan fingerprint density at radius 1 is 1.25 bits per heavy atom. The number of ketones is 1. The number of Topliss-reactive ketones (excluding diaryl/α,β-unsaturated/α-hetero) is 1. The number of benzene rings is 1. The third-order valence-electron chi connectivity index (χ3n) is 4.93. The molecule has 0 amide bonds. The van der Waals surface area contributed by atoms with Crippen molar-refractivity contribution in [2.75, 3.05) is 13.1 Å². The largest absolute Gasteiger partial charge is 0.301 e. The van der Waals surface area contributed by atoms with Crippen LogP contribution in [0.25, 0.3) is 11.1 Å². The zero-order valence-electron chi connectivity index (χ0n) is 14.6. The molecule has 1 atom stereocenters. The first-order valence-electron chi connectivity index (χ1n) is 8.91. The Morgan fingerprint density at radius 3 is 2.83 bits per heavy atom. The molecule has 1 saturated heterocycles. The molecule has 0 aliphatic carbocycles. The molecular formula is C21H26N2O. The van der Waals surface area contributed by atoms with E-state index in [0.29, 0.717) is 18.4 Å². The summed E-state index contributed by atoms with van der Waals surface area (Å²) in [7, 11) is 0. The van der Waals surface area contributed by atoms with Crippen molar-refractivity contribution < 1.29 is 4.79 Å². The van der Waals surface area contributed by atoms with Crippen LogP contribution >= 0.6 is 0 Å². The molecule has 24 heavy (non-hydrogen) atoms. The van der Waals surface area contributed by atoms with Crippen molar-refractivity contribution in [3.63, 3.8) is 0 Å². The maximum Gasteiger partial charge on any atom is 0.163 e. The van der Waals surface area contributed by atoms with Gasteiger partial charge in [0, 0.05) is 42.5 Å². The van der Waals surface area contributed by atoms with Gasteiger partial charge >= 0.3 is 0 Å². The molecular weight excluding hydrogens is 296 g/mol. The van der Waals surface area contributed by atoms with Gasteiger partial charge in [0.1, 0.15) is 0 Å². The second kappa shape index (κ2) is 7.71. The normalized spacial score (nSPS) is 18.7. The van der Waals surface area contributed by atoms with Crippen molar-refractivity contribution in [3.8, 4) is 11.1 Å². The number of nitrogens with zero attached hydrogens (tertiary/aromatic N) is 2. The monoisotopic (exact) mass is 322 g/mol. The predicted molar refractivity (Wildman–Crippen MR) is 98.1 cm³/mol. The number of hydrogen-bond donors (Lipinski definition) is 0. The molecule has 0 unspecified atom stereocenters. The minimum Gasteiger partial charge on any atom is -0.301 e. The van der Waals surface area contributed by atoms with Gasteiger partial charge in [-0.15, -0.1) is 0 Å². The average molecular weight is 322 g/mol. The van der Waals surface area contributed by atoms with Gasteiger partial charge in [-0.2, -0.15) is 0 Å². The minimum absolute atomic E-state index is 0.261. The SMILES string of the molecule is CC(C)N1CCC[C@@H](CC(=O)c2cccc(-c3cccnc3)c2)C1. The van der Waals surface area contributed by atoms with Crippen LogP contribution < -0.4 is 0 Å². The zero-order chi connectivity index (χ0) is 16.9. The summed E-state index contributed by atoms with van der Waals surface area (Å²) in [6.45, 7) is 6.69. The van der Waals surface area contributed by atoms with Crippen LogP contribution in [0.2, 0.25) is 0 Å². The molecule has 1 aliphatic heterocycles. The molecule has 3 nitrogen and oxygen atoms in total. The lowest BCUT2D eigenvalue weighted by Gasteiger charge is -2.35. The fourth-order valence-electron chi connectivity index (χ4n) is 3.52. The molecule has 0 radical (unpaired) electrons. The maximum atomic E-state index is 12.7. The van der Waals surface area contributed by atoms with Crippen LogP contribution in [0.3, 0.4) is 0 Å². The Balaban J connectivity index is 1.69. The Hall–Kier alpha value is -2.00. The van der Waals surface area contributed by atoms with Gasteiger partial charge in [-0.1, -0.05) is 24.3 Å². The Labute approximate surface area is 144 Å². The summed E-state index contributed by atoms with van der Waals surface area (Å²) in [4.78, 5) is 19.4. The summed E-state index contributed by atoms with van der Waals surface area (Å²) in [5.74, 6) is 0.743. The highest BCUT2D eigenvalue weighted by Crippen LogP contribution is 2.25. The Kier molecular flexibility index (Phi) is 5.41. The molecule has 1 aliphatic rings. The molecule has 0 bridgehead atoms. The lowest BCUT2D eigenvalue weighted by atomic mass is 9.90. The van der Waals surface area contributed by atoms with Crippen LogP contribution in [0, 0.1) is 5.92 Å². The third-order valence-corrected chi connectivity index (χ3v) is 4.93. The molecule has 0 N–H and O–H groups in total. The van der Waals surface area contributed by atoms with Gasteiger partial charge in [-0.25, -0.2) is 0 Å². The van der Waals surface area contributed by atoms with E-state index in [0.717, 1.165) is 29.7 Å². The molecule has 2 aromatic rings. The second-order valence-corrected chi connectivity index (χ2v) is 7.05. The van der Waals surface area contributed by atoms with Gasteiger partial charge in [0.05, 0.1) is 0 Å². The van der Waals surface area contributed by atoms with Crippen molar-refractivity contribution in [2.24, 2.45) is 5.92 Å². The van der Waals surface area contributed by atoms with E-state index in [-0.39, 0.29) is 5.78 Å². The van der Waals surface area contributed by atoms with Crippen LogP contribution in [-0.4, -0.2) is 34.8 Å². The topological polar surface area (TPSA) is 33.2 Å². The average Bonchev–Trinajstić information content (AvgIpc) is 2.63. The van der Waals surface area contributed by atoms with Crippen molar-refractivity contribution in [1.82, 2.24) is 9.88 Å². The van der Waals surface area contributed by atoms with Crippen LogP contribution in [0.4, 0.5) is 0 Å². The highest BCUT2D eigenvalue weighted by molar-refractivity contribution is 5.97. The summed E-state index contributed by atoms with van der Waals surface area (Å²) in [5, 5.41) is 0. The van der Waals surface area contributed by atoms with Gasteiger partial charge in [0.15, 0.2) is 5.78 Å². The van der Waals surface area contributed by atoms with Gasteiger partial charge in [-0.05, 0) is 56.8 Å². The highest BCUT2D eigenvalue weighted by Gasteiger charge is 2.24. The number of rotatable bonds is 5. The van der Waals surface area contributed by atoms with Crippen LogP contribution in [0.1, 0.15) is 43.5 Å². The van der Waals surface area contributed by atoms with E-state index >= 15 is 0 Å². The summed E-state index contributed by atoms with van der Waals surface area (Å²) in [6, 6.07) is 12.5. The van der Waals surface area contributed by atoms with E-state index in [1.165, 1.54) is 13.0 Å². The van der Waals surface area contributed by atoms with Crippen LogP contribution in [0.5, 0.6) is 0 Å². The number of carbonyl (C=O) groups is 1. The van der Waals surface area contributed by atoms with Crippen molar-refractivity contribution >= 4 is 5.78 Å². The number of aromatic nitrogens is 1. The molecule has 1 aromatic heterocycles. The zero-order valence-corrected chi connectivity index (χ0v) is 14.6. The van der Waals surface area contributed by atoms with E-state index in [4.69, 9.17) is 0 Å². The van der Waals surface area contributed by atoms with E-state index in [2.05, 4.69) is 23.7 Å². The number of piperidine rings is 1.